The number of carbonyl (C=O) groups is 3. The minimum absolute atomic E-state index is 0.129. The summed E-state index contributed by atoms with van der Waals surface area (Å²) in [5.41, 5.74) is 0.820. The molecule has 178 valence electrons. The Balaban J connectivity index is 1.69. The summed E-state index contributed by atoms with van der Waals surface area (Å²) in [7, 11) is 0. The van der Waals surface area contributed by atoms with Crippen molar-refractivity contribution in [2.75, 3.05) is 25.1 Å². The van der Waals surface area contributed by atoms with Gasteiger partial charge in [-0.25, -0.2) is 4.79 Å². The molecule has 0 aliphatic carbocycles. The maximum absolute atomic E-state index is 12.1. The van der Waals surface area contributed by atoms with Crippen molar-refractivity contribution in [3.05, 3.63) is 54.1 Å². The van der Waals surface area contributed by atoms with Crippen LogP contribution in [0.25, 0.3) is 0 Å². The second-order valence-electron chi connectivity index (χ2n) is 8.07. The summed E-state index contributed by atoms with van der Waals surface area (Å²) >= 11 is 0. The fourth-order valence-electron chi connectivity index (χ4n) is 2.58. The predicted molar refractivity (Wildman–Crippen MR) is 124 cm³/mol. The van der Waals surface area contributed by atoms with Crippen molar-refractivity contribution in [2.24, 2.45) is 0 Å². The van der Waals surface area contributed by atoms with E-state index in [0.29, 0.717) is 18.0 Å². The molecule has 0 aliphatic rings. The smallest absolute Gasteiger partial charge is 0.408 e. The van der Waals surface area contributed by atoms with E-state index < -0.39 is 11.7 Å². The Morgan fingerprint density at radius 3 is 2.00 bits per heavy atom. The van der Waals surface area contributed by atoms with Crippen molar-refractivity contribution in [3.8, 4) is 11.5 Å². The fraction of sp³-hybridized carbons (Fsp3) is 0.375. The number of hydrogen-bond donors (Lipinski definition) is 3. The number of nitrogens with one attached hydrogen (secondary N) is 3. The molecule has 3 amide bonds. The van der Waals surface area contributed by atoms with Crippen LogP contribution in [0.5, 0.6) is 11.5 Å². The zero-order valence-corrected chi connectivity index (χ0v) is 19.4. The number of anilines is 1. The highest BCUT2D eigenvalue weighted by Crippen LogP contribution is 2.17. The molecular weight excluding hydrogens is 426 g/mol. The molecule has 0 spiro atoms. The van der Waals surface area contributed by atoms with Gasteiger partial charge in [0.1, 0.15) is 23.6 Å². The van der Waals surface area contributed by atoms with Crippen molar-refractivity contribution in [1.82, 2.24) is 10.6 Å². The molecule has 0 aliphatic heterocycles. The van der Waals surface area contributed by atoms with E-state index in [9.17, 15) is 14.4 Å². The summed E-state index contributed by atoms with van der Waals surface area (Å²) in [4.78, 5) is 35.6. The van der Waals surface area contributed by atoms with Crippen molar-refractivity contribution in [2.45, 2.75) is 39.8 Å². The summed E-state index contributed by atoms with van der Waals surface area (Å²) in [6.07, 6.45) is -0.649. The van der Waals surface area contributed by atoms with Gasteiger partial charge in [0.2, 0.25) is 5.91 Å². The minimum atomic E-state index is -0.649. The zero-order chi connectivity index (χ0) is 24.3. The summed E-state index contributed by atoms with van der Waals surface area (Å²) in [5, 5.41) is 7.85. The number of ether oxygens (including phenoxy) is 3. The number of hydrogen-bond acceptors (Lipinski definition) is 6. The first kappa shape index (κ1) is 25.5. The fourth-order valence-corrected chi connectivity index (χ4v) is 2.58. The highest BCUT2D eigenvalue weighted by molar-refractivity contribution is 5.91. The molecule has 9 heteroatoms. The van der Waals surface area contributed by atoms with E-state index in [-0.39, 0.29) is 31.5 Å². The quantitative estimate of drug-likeness (QED) is 0.505. The molecule has 0 bridgehead atoms. The SMILES string of the molecule is CCOc1ccc(OCC(=O)Nc2ccc(CNC(=O)CNC(=O)OC(C)(C)C)cc2)cc1. The van der Waals surface area contributed by atoms with Crippen LogP contribution < -0.4 is 25.4 Å². The first-order valence-corrected chi connectivity index (χ1v) is 10.6. The summed E-state index contributed by atoms with van der Waals surface area (Å²) < 4.78 is 15.9. The third-order valence-corrected chi connectivity index (χ3v) is 4.02. The topological polar surface area (TPSA) is 115 Å². The lowest BCUT2D eigenvalue weighted by atomic mass is 10.2. The summed E-state index contributed by atoms with van der Waals surface area (Å²) in [6, 6.07) is 14.1. The van der Waals surface area contributed by atoms with Gasteiger partial charge in [0, 0.05) is 12.2 Å². The van der Waals surface area contributed by atoms with Gasteiger partial charge in [-0.3, -0.25) is 9.59 Å². The first-order valence-electron chi connectivity index (χ1n) is 10.6. The molecule has 2 rings (SSSR count). The Morgan fingerprint density at radius 1 is 0.818 bits per heavy atom. The van der Waals surface area contributed by atoms with Crippen LogP contribution in [0, 0.1) is 0 Å². The van der Waals surface area contributed by atoms with E-state index in [4.69, 9.17) is 14.2 Å². The second kappa shape index (κ2) is 12.3. The predicted octanol–water partition coefficient (Wildman–Crippen LogP) is 3.24. The standard InChI is InChI=1S/C24H31N3O6/c1-5-31-19-10-12-20(13-11-19)32-16-22(29)27-18-8-6-17(7-9-18)14-25-21(28)15-26-23(30)33-24(2,3)4/h6-13H,5,14-16H2,1-4H3,(H,25,28)(H,26,30)(H,27,29). The van der Waals surface area contributed by atoms with E-state index in [1.807, 2.05) is 6.92 Å². The third kappa shape index (κ3) is 10.4. The Kier molecular flexibility index (Phi) is 9.53. The summed E-state index contributed by atoms with van der Waals surface area (Å²) in [5.74, 6) is 0.675. The normalized spacial score (nSPS) is 10.7. The van der Waals surface area contributed by atoms with E-state index in [1.165, 1.54) is 0 Å². The van der Waals surface area contributed by atoms with Gasteiger partial charge in [0.05, 0.1) is 6.61 Å². The van der Waals surface area contributed by atoms with Gasteiger partial charge in [-0.15, -0.1) is 0 Å². The number of carbonyl (C=O) groups excluding carboxylic acids is 3. The molecule has 2 aromatic carbocycles. The van der Waals surface area contributed by atoms with Gasteiger partial charge in [-0.1, -0.05) is 12.1 Å². The average Bonchev–Trinajstić information content (AvgIpc) is 2.76. The molecule has 2 aromatic rings. The molecular formula is C24H31N3O6. The highest BCUT2D eigenvalue weighted by Gasteiger charge is 2.16. The number of rotatable bonds is 10. The van der Waals surface area contributed by atoms with Crippen LogP contribution in [0.2, 0.25) is 0 Å². The van der Waals surface area contributed by atoms with Crippen LogP contribution in [0.1, 0.15) is 33.3 Å². The first-order chi connectivity index (χ1) is 15.6. The van der Waals surface area contributed by atoms with Gasteiger partial charge in [0.25, 0.3) is 5.91 Å². The van der Waals surface area contributed by atoms with Crippen LogP contribution in [0.3, 0.4) is 0 Å². The van der Waals surface area contributed by atoms with E-state index >= 15 is 0 Å². The van der Waals surface area contributed by atoms with Crippen LogP contribution in [0.4, 0.5) is 10.5 Å². The second-order valence-corrected chi connectivity index (χ2v) is 8.07. The number of amides is 3. The van der Waals surface area contributed by atoms with Crippen molar-refractivity contribution in [1.29, 1.82) is 0 Å². The van der Waals surface area contributed by atoms with Crippen LogP contribution in [-0.2, 0) is 20.9 Å². The van der Waals surface area contributed by atoms with E-state index in [0.717, 1.165) is 11.3 Å². The molecule has 0 aromatic heterocycles. The van der Waals surface area contributed by atoms with E-state index in [1.54, 1.807) is 69.3 Å². The summed E-state index contributed by atoms with van der Waals surface area (Å²) in [6.45, 7) is 7.69. The van der Waals surface area contributed by atoms with Gasteiger partial charge >= 0.3 is 6.09 Å². The molecule has 9 nitrogen and oxygen atoms in total. The van der Waals surface area contributed by atoms with Crippen LogP contribution in [0.15, 0.2) is 48.5 Å². The van der Waals surface area contributed by atoms with E-state index in [2.05, 4.69) is 16.0 Å². The third-order valence-electron chi connectivity index (χ3n) is 4.02. The Labute approximate surface area is 193 Å². The Bertz CT molecular complexity index is 921. The molecule has 0 radical (unpaired) electrons. The number of benzene rings is 2. The maximum atomic E-state index is 12.1. The monoisotopic (exact) mass is 457 g/mol. The molecule has 0 saturated carbocycles. The average molecular weight is 458 g/mol. The largest absolute Gasteiger partial charge is 0.494 e. The molecule has 0 saturated heterocycles. The van der Waals surface area contributed by atoms with Gasteiger partial charge in [0.15, 0.2) is 6.61 Å². The van der Waals surface area contributed by atoms with Crippen molar-refractivity contribution >= 4 is 23.6 Å². The highest BCUT2D eigenvalue weighted by atomic mass is 16.6. The number of alkyl carbamates (subject to hydrolysis) is 1. The van der Waals surface area contributed by atoms with Gasteiger partial charge < -0.3 is 30.2 Å². The molecule has 0 atom stereocenters. The lowest BCUT2D eigenvalue weighted by molar-refractivity contribution is -0.120. The lowest BCUT2D eigenvalue weighted by Gasteiger charge is -2.19. The zero-order valence-electron chi connectivity index (χ0n) is 19.4. The Morgan fingerprint density at radius 2 is 1.42 bits per heavy atom. The minimum Gasteiger partial charge on any atom is -0.494 e. The molecule has 0 unspecified atom stereocenters. The van der Waals surface area contributed by atoms with Gasteiger partial charge in [-0.05, 0) is 69.7 Å². The van der Waals surface area contributed by atoms with Gasteiger partial charge in [-0.2, -0.15) is 0 Å². The lowest BCUT2D eigenvalue weighted by Crippen LogP contribution is -2.39. The molecule has 0 fully saturated rings. The molecule has 0 heterocycles. The van der Waals surface area contributed by atoms with Crippen LogP contribution in [-0.4, -0.2) is 43.3 Å². The van der Waals surface area contributed by atoms with Crippen LogP contribution >= 0.6 is 0 Å². The Hall–Kier alpha value is -3.75. The van der Waals surface area contributed by atoms with Crippen molar-refractivity contribution in [3.63, 3.8) is 0 Å². The molecule has 33 heavy (non-hydrogen) atoms. The van der Waals surface area contributed by atoms with Crippen molar-refractivity contribution < 1.29 is 28.6 Å². The molecule has 3 N–H and O–H groups in total. The maximum Gasteiger partial charge on any atom is 0.408 e.